The minimum atomic E-state index is -1.17. The third-order valence-corrected chi connectivity index (χ3v) is 6.02. The van der Waals surface area contributed by atoms with Gasteiger partial charge in [-0.2, -0.15) is 0 Å². The van der Waals surface area contributed by atoms with Crippen LogP contribution in [0.1, 0.15) is 33.1 Å². The fourth-order valence-electron chi connectivity index (χ4n) is 3.76. The van der Waals surface area contributed by atoms with Gasteiger partial charge in [-0.1, -0.05) is 26.0 Å². The van der Waals surface area contributed by atoms with E-state index < -0.39 is 23.1 Å². The molecule has 1 unspecified atom stereocenters. The van der Waals surface area contributed by atoms with Crippen molar-refractivity contribution in [1.29, 1.82) is 0 Å². The van der Waals surface area contributed by atoms with Gasteiger partial charge in [0.1, 0.15) is 17.3 Å². The number of aliphatic hydroxyl groups is 1. The van der Waals surface area contributed by atoms with E-state index in [0.717, 1.165) is 6.42 Å². The number of nitrogens with zero attached hydrogens (tertiary/aromatic N) is 1. The molecule has 7 nitrogen and oxygen atoms in total. The minimum absolute atomic E-state index is 0.171. The largest absolute Gasteiger partial charge is 0.495 e. The molecule has 3 atom stereocenters. The van der Waals surface area contributed by atoms with E-state index in [4.69, 9.17) is 10.5 Å². The highest BCUT2D eigenvalue weighted by atomic mass is 16.5. The molecule has 2 fully saturated rings. The van der Waals surface area contributed by atoms with Gasteiger partial charge in [0.25, 0.3) is 0 Å². The Hall–Kier alpha value is -2.12. The fourth-order valence-corrected chi connectivity index (χ4v) is 3.76. The number of carbonyl (C=O) groups is 2. The number of methoxy groups -OCH3 is 1. The Morgan fingerprint density at radius 2 is 2.08 bits per heavy atom. The molecule has 3 rings (SSSR count). The van der Waals surface area contributed by atoms with Gasteiger partial charge in [-0.25, -0.2) is 0 Å². The molecular weight excluding hydrogens is 334 g/mol. The third kappa shape index (κ3) is 2.75. The summed E-state index contributed by atoms with van der Waals surface area (Å²) in [4.78, 5) is 27.3. The van der Waals surface area contributed by atoms with E-state index >= 15 is 0 Å². The first kappa shape index (κ1) is 18.7. The lowest BCUT2D eigenvalue weighted by atomic mass is 9.54. The van der Waals surface area contributed by atoms with Gasteiger partial charge in [0.15, 0.2) is 0 Å². The lowest BCUT2D eigenvalue weighted by Gasteiger charge is -2.56. The number of benzene rings is 1. The van der Waals surface area contributed by atoms with Crippen molar-refractivity contribution in [3.05, 3.63) is 24.3 Å². The van der Waals surface area contributed by atoms with Crippen molar-refractivity contribution in [3.63, 3.8) is 0 Å². The van der Waals surface area contributed by atoms with Crippen molar-refractivity contribution < 1.29 is 19.4 Å². The summed E-state index contributed by atoms with van der Waals surface area (Å²) < 4.78 is 5.35. The minimum Gasteiger partial charge on any atom is -0.495 e. The van der Waals surface area contributed by atoms with E-state index in [1.807, 2.05) is 18.2 Å². The maximum Gasteiger partial charge on any atom is 0.249 e. The molecule has 0 spiro atoms. The standard InChI is InChI=1S/C19H27N3O4/c1-18(2)15(23)11-19(18,20)17(25)21-12-7-6-10-22(16(12)24)13-8-4-5-9-14(13)26-3/h4-5,8-9,12,15,23H,6-7,10-11,20H2,1-3H3,(H,21,25)/t12?,15-,19-/m0/s1. The van der Waals surface area contributed by atoms with Crippen LogP contribution in [-0.2, 0) is 9.59 Å². The van der Waals surface area contributed by atoms with Gasteiger partial charge < -0.3 is 25.8 Å². The normalized spacial score (nSPS) is 30.5. The van der Waals surface area contributed by atoms with E-state index in [-0.39, 0.29) is 18.2 Å². The average molecular weight is 361 g/mol. The highest BCUT2D eigenvalue weighted by Gasteiger charge is 2.62. The zero-order valence-corrected chi connectivity index (χ0v) is 15.5. The number of rotatable bonds is 4. The van der Waals surface area contributed by atoms with Crippen molar-refractivity contribution in [1.82, 2.24) is 5.32 Å². The second-order valence-corrected chi connectivity index (χ2v) is 7.74. The summed E-state index contributed by atoms with van der Waals surface area (Å²) in [5.41, 5.74) is 5.05. The van der Waals surface area contributed by atoms with Crippen LogP contribution in [0.4, 0.5) is 5.69 Å². The van der Waals surface area contributed by atoms with E-state index in [2.05, 4.69) is 5.32 Å². The van der Waals surface area contributed by atoms with Crippen LogP contribution < -0.4 is 20.7 Å². The number of hydrogen-bond donors (Lipinski definition) is 3. The first-order valence-corrected chi connectivity index (χ1v) is 8.94. The number of ether oxygens (including phenoxy) is 1. The molecule has 0 bridgehead atoms. The number of amides is 2. The Balaban J connectivity index is 1.76. The number of nitrogens with two attached hydrogens (primary N) is 1. The van der Waals surface area contributed by atoms with Gasteiger partial charge in [-0.05, 0) is 25.0 Å². The van der Waals surface area contributed by atoms with Crippen LogP contribution in [0.2, 0.25) is 0 Å². The predicted octanol–water partition coefficient (Wildman–Crippen LogP) is 0.795. The van der Waals surface area contributed by atoms with Crippen LogP contribution in [0, 0.1) is 5.41 Å². The first-order valence-electron chi connectivity index (χ1n) is 8.94. The first-order chi connectivity index (χ1) is 12.2. The molecule has 1 aromatic rings. The predicted molar refractivity (Wildman–Crippen MR) is 97.8 cm³/mol. The van der Waals surface area contributed by atoms with E-state index in [9.17, 15) is 14.7 Å². The summed E-state index contributed by atoms with van der Waals surface area (Å²) in [7, 11) is 1.56. The van der Waals surface area contributed by atoms with Gasteiger partial charge in [0.2, 0.25) is 11.8 Å². The monoisotopic (exact) mass is 361 g/mol. The van der Waals surface area contributed by atoms with Crippen molar-refractivity contribution in [2.75, 3.05) is 18.6 Å². The molecule has 1 aliphatic heterocycles. The zero-order valence-electron chi connectivity index (χ0n) is 15.5. The van der Waals surface area contributed by atoms with Gasteiger partial charge in [-0.15, -0.1) is 0 Å². The summed E-state index contributed by atoms with van der Waals surface area (Å²) in [6.45, 7) is 4.11. The molecule has 1 aliphatic carbocycles. The van der Waals surface area contributed by atoms with E-state index in [0.29, 0.717) is 24.4 Å². The van der Waals surface area contributed by atoms with Crippen molar-refractivity contribution in [3.8, 4) is 5.75 Å². The zero-order chi connectivity index (χ0) is 19.1. The number of nitrogens with one attached hydrogen (secondary N) is 1. The van der Waals surface area contributed by atoms with Crippen LogP contribution in [0.25, 0.3) is 0 Å². The Morgan fingerprint density at radius 1 is 1.38 bits per heavy atom. The number of aliphatic hydroxyl groups excluding tert-OH is 1. The summed E-state index contributed by atoms with van der Waals surface area (Å²) in [5, 5.41) is 12.7. The number of piperidine rings is 1. The van der Waals surface area contributed by atoms with Crippen LogP contribution in [0.3, 0.4) is 0 Å². The number of anilines is 1. The number of hydrogen-bond acceptors (Lipinski definition) is 5. The molecule has 0 aromatic heterocycles. The summed E-state index contributed by atoms with van der Waals surface area (Å²) in [6, 6.07) is 6.70. The molecule has 1 aromatic carbocycles. The highest BCUT2D eigenvalue weighted by Crippen LogP contribution is 2.48. The molecule has 0 radical (unpaired) electrons. The Bertz CT molecular complexity index is 720. The Morgan fingerprint density at radius 3 is 2.69 bits per heavy atom. The average Bonchev–Trinajstić information content (AvgIpc) is 2.63. The van der Waals surface area contributed by atoms with Crippen molar-refractivity contribution >= 4 is 17.5 Å². The smallest absolute Gasteiger partial charge is 0.249 e. The van der Waals surface area contributed by atoms with Gasteiger partial charge in [0, 0.05) is 18.4 Å². The summed E-state index contributed by atoms with van der Waals surface area (Å²) >= 11 is 0. The van der Waals surface area contributed by atoms with Crippen LogP contribution in [-0.4, -0.2) is 48.3 Å². The summed E-state index contributed by atoms with van der Waals surface area (Å²) in [5.74, 6) is 0.0646. The maximum atomic E-state index is 13.0. The van der Waals surface area contributed by atoms with Crippen LogP contribution >= 0.6 is 0 Å². The van der Waals surface area contributed by atoms with Crippen LogP contribution in [0.15, 0.2) is 24.3 Å². The maximum absolute atomic E-state index is 13.0. The molecule has 2 aliphatic rings. The van der Waals surface area contributed by atoms with Crippen molar-refractivity contribution in [2.24, 2.45) is 11.1 Å². The Labute approximate surface area is 153 Å². The molecule has 7 heteroatoms. The second kappa shape index (κ2) is 6.55. The lowest BCUT2D eigenvalue weighted by Crippen LogP contribution is -2.76. The van der Waals surface area contributed by atoms with Gasteiger partial charge in [-0.3, -0.25) is 9.59 Å². The lowest BCUT2D eigenvalue weighted by molar-refractivity contribution is -0.160. The molecular formula is C19H27N3O4. The van der Waals surface area contributed by atoms with Crippen LogP contribution in [0.5, 0.6) is 5.75 Å². The van der Waals surface area contributed by atoms with E-state index in [1.54, 1.807) is 31.9 Å². The SMILES string of the molecule is COc1ccccc1N1CCCC(NC(=O)[C@@]2(N)C[C@H](O)C2(C)C)C1=O. The number of carbonyl (C=O) groups excluding carboxylic acids is 2. The molecule has 1 saturated carbocycles. The molecule has 26 heavy (non-hydrogen) atoms. The molecule has 142 valence electrons. The van der Waals surface area contributed by atoms with Gasteiger partial charge in [0.05, 0.1) is 18.9 Å². The topological polar surface area (TPSA) is 105 Å². The molecule has 4 N–H and O–H groups in total. The fraction of sp³-hybridized carbons (Fsp3) is 0.579. The highest BCUT2D eigenvalue weighted by molar-refractivity contribution is 6.02. The van der Waals surface area contributed by atoms with Gasteiger partial charge >= 0.3 is 0 Å². The summed E-state index contributed by atoms with van der Waals surface area (Å²) in [6.07, 6.45) is 0.904. The Kier molecular flexibility index (Phi) is 4.71. The molecule has 1 heterocycles. The van der Waals surface area contributed by atoms with Crippen molar-refractivity contribution in [2.45, 2.75) is 50.8 Å². The number of para-hydroxylation sites is 2. The molecule has 2 amide bonds. The molecule has 1 saturated heterocycles. The second-order valence-electron chi connectivity index (χ2n) is 7.74. The third-order valence-electron chi connectivity index (χ3n) is 6.02. The van der Waals surface area contributed by atoms with E-state index in [1.165, 1.54) is 0 Å². The quantitative estimate of drug-likeness (QED) is 0.736.